The van der Waals surface area contributed by atoms with E-state index in [2.05, 4.69) is 5.32 Å². The molecule has 2 fully saturated rings. The molecule has 41 heavy (non-hydrogen) atoms. The molecule has 2 saturated carbocycles. The summed E-state index contributed by atoms with van der Waals surface area (Å²) in [5, 5.41) is 13.0. The molecule has 5 nitrogen and oxygen atoms in total. The number of hydrogen-bond acceptors (Lipinski definition) is 2. The summed E-state index contributed by atoms with van der Waals surface area (Å²) in [7, 11) is 0. The molecular weight excluding hydrogens is 536 g/mol. The number of nitrogens with one attached hydrogen (secondary N) is 1. The van der Waals surface area contributed by atoms with Gasteiger partial charge in [0.05, 0.1) is 16.6 Å². The van der Waals surface area contributed by atoms with Gasteiger partial charge in [-0.15, -0.1) is 0 Å². The van der Waals surface area contributed by atoms with Gasteiger partial charge >= 0.3 is 12.1 Å². The van der Waals surface area contributed by atoms with E-state index in [0.29, 0.717) is 16.6 Å². The predicted octanol–water partition coefficient (Wildman–Crippen LogP) is 7.28. The molecular formula is C32H28F4N2O3. The zero-order chi connectivity index (χ0) is 28.9. The molecule has 0 atom stereocenters. The largest absolute Gasteiger partial charge is 0.481 e. The van der Waals surface area contributed by atoms with Gasteiger partial charge in [0.15, 0.2) is 0 Å². The highest BCUT2D eigenvalue weighted by atomic mass is 19.4. The smallest absolute Gasteiger partial charge is 0.416 e. The summed E-state index contributed by atoms with van der Waals surface area (Å²) in [6.45, 7) is 0.273. The molecule has 212 valence electrons. The van der Waals surface area contributed by atoms with Crippen LogP contribution in [0.4, 0.5) is 17.6 Å². The van der Waals surface area contributed by atoms with Gasteiger partial charge in [-0.3, -0.25) is 9.59 Å². The highest BCUT2D eigenvalue weighted by molar-refractivity contribution is 6.08. The second-order valence-corrected chi connectivity index (χ2v) is 11.6. The van der Waals surface area contributed by atoms with Gasteiger partial charge in [0, 0.05) is 30.6 Å². The molecule has 2 N–H and O–H groups in total. The van der Waals surface area contributed by atoms with Crippen LogP contribution in [0.2, 0.25) is 0 Å². The fourth-order valence-corrected chi connectivity index (χ4v) is 6.70. The third-order valence-corrected chi connectivity index (χ3v) is 8.52. The molecule has 2 aliphatic carbocycles. The van der Waals surface area contributed by atoms with E-state index < -0.39 is 17.7 Å². The van der Waals surface area contributed by atoms with E-state index in [-0.39, 0.29) is 42.1 Å². The van der Waals surface area contributed by atoms with E-state index in [1.54, 1.807) is 18.2 Å². The summed E-state index contributed by atoms with van der Waals surface area (Å²) < 4.78 is 54.5. The van der Waals surface area contributed by atoms with Crippen molar-refractivity contribution in [1.29, 1.82) is 0 Å². The number of benzene rings is 3. The molecule has 1 aromatic heterocycles. The summed E-state index contributed by atoms with van der Waals surface area (Å²) in [6.07, 6.45) is 0.922. The second-order valence-electron chi connectivity index (χ2n) is 11.6. The summed E-state index contributed by atoms with van der Waals surface area (Å²) in [6, 6.07) is 16.5. The first-order chi connectivity index (χ1) is 19.5. The quantitative estimate of drug-likeness (QED) is 0.232. The number of hydrogen-bond donors (Lipinski definition) is 2. The lowest BCUT2D eigenvalue weighted by Crippen LogP contribution is -2.56. The third-order valence-electron chi connectivity index (χ3n) is 8.52. The van der Waals surface area contributed by atoms with Crippen LogP contribution >= 0.6 is 0 Å². The van der Waals surface area contributed by atoms with Gasteiger partial charge < -0.3 is 15.0 Å². The molecule has 0 bridgehead atoms. The molecule has 2 aliphatic rings. The average molecular weight is 565 g/mol. The minimum Gasteiger partial charge on any atom is -0.481 e. The van der Waals surface area contributed by atoms with Gasteiger partial charge in [0.2, 0.25) is 0 Å². The highest BCUT2D eigenvalue weighted by Gasteiger charge is 2.53. The van der Waals surface area contributed by atoms with Crippen LogP contribution in [0.1, 0.15) is 53.6 Å². The minimum atomic E-state index is -4.42. The van der Waals surface area contributed by atoms with E-state index in [0.717, 1.165) is 54.3 Å². The lowest BCUT2D eigenvalue weighted by Gasteiger charge is -2.57. The number of aromatic nitrogens is 1. The first-order valence-corrected chi connectivity index (χ1v) is 13.6. The first-order valence-electron chi connectivity index (χ1n) is 13.6. The average Bonchev–Trinajstić information content (AvgIpc) is 3.28. The molecule has 6 rings (SSSR count). The fourth-order valence-electron chi connectivity index (χ4n) is 6.70. The Kier molecular flexibility index (Phi) is 6.63. The van der Waals surface area contributed by atoms with Gasteiger partial charge in [-0.1, -0.05) is 24.3 Å². The number of carbonyl (C=O) groups excluding carboxylic acids is 1. The number of carboxylic acid groups (broad SMARTS) is 1. The predicted molar refractivity (Wildman–Crippen MR) is 146 cm³/mol. The number of fused-ring (bicyclic) bond motifs is 1. The van der Waals surface area contributed by atoms with Crippen molar-refractivity contribution in [1.82, 2.24) is 9.88 Å². The number of aliphatic carboxylic acids is 1. The van der Waals surface area contributed by atoms with Crippen LogP contribution in [0.15, 0.2) is 72.9 Å². The maximum absolute atomic E-state index is 13.7. The minimum absolute atomic E-state index is 0.0175. The number of carboxylic acids is 1. The Morgan fingerprint density at radius 3 is 2.24 bits per heavy atom. The van der Waals surface area contributed by atoms with Gasteiger partial charge in [0.25, 0.3) is 5.91 Å². The van der Waals surface area contributed by atoms with Crippen LogP contribution in [-0.4, -0.2) is 27.6 Å². The van der Waals surface area contributed by atoms with Crippen molar-refractivity contribution in [3.05, 3.63) is 95.4 Å². The van der Waals surface area contributed by atoms with Gasteiger partial charge in [-0.05, 0) is 96.2 Å². The van der Waals surface area contributed by atoms with Crippen molar-refractivity contribution in [2.45, 2.75) is 50.9 Å². The Labute approximate surface area is 233 Å². The topological polar surface area (TPSA) is 71.3 Å². The van der Waals surface area contributed by atoms with E-state index in [1.165, 1.54) is 24.3 Å². The number of halogens is 4. The Morgan fingerprint density at radius 1 is 0.927 bits per heavy atom. The van der Waals surface area contributed by atoms with Gasteiger partial charge in [0.1, 0.15) is 5.82 Å². The van der Waals surface area contributed by atoms with Crippen molar-refractivity contribution < 1.29 is 32.3 Å². The van der Waals surface area contributed by atoms with Crippen LogP contribution in [0.5, 0.6) is 0 Å². The Morgan fingerprint density at radius 2 is 1.61 bits per heavy atom. The number of nitrogens with zero attached hydrogens (tertiary/aromatic N) is 1. The molecule has 0 unspecified atom stereocenters. The first kappa shape index (κ1) is 27.1. The summed E-state index contributed by atoms with van der Waals surface area (Å²) >= 11 is 0. The zero-order valence-corrected chi connectivity index (χ0v) is 22.0. The van der Waals surface area contributed by atoms with E-state index in [1.807, 2.05) is 22.9 Å². The molecule has 0 saturated heterocycles. The monoisotopic (exact) mass is 564 g/mol. The van der Waals surface area contributed by atoms with E-state index in [9.17, 15) is 27.2 Å². The summed E-state index contributed by atoms with van der Waals surface area (Å²) in [4.78, 5) is 24.7. The van der Waals surface area contributed by atoms with Crippen molar-refractivity contribution in [3.8, 4) is 11.1 Å². The number of rotatable bonds is 7. The Hall–Kier alpha value is -4.14. The van der Waals surface area contributed by atoms with Crippen molar-refractivity contribution in [2.75, 3.05) is 0 Å². The molecule has 3 aromatic carbocycles. The highest BCUT2D eigenvalue weighted by Crippen LogP contribution is 2.59. The fraction of sp³-hybridized carbons (Fsp3) is 0.312. The van der Waals surface area contributed by atoms with Crippen LogP contribution in [-0.2, 0) is 17.5 Å². The SMILES string of the molecule is O=C(O)CC1CC2(C1)CC(NC(=O)c1cc(-c3ccc(F)cc3)cc3ccn(Cc4ccc(C(F)(F)F)cc4)c13)C2. The number of carbonyl (C=O) groups is 2. The third kappa shape index (κ3) is 5.45. The van der Waals surface area contributed by atoms with E-state index in [4.69, 9.17) is 5.11 Å². The maximum atomic E-state index is 13.7. The van der Waals surface area contributed by atoms with Crippen molar-refractivity contribution >= 4 is 22.8 Å². The van der Waals surface area contributed by atoms with Crippen LogP contribution in [0, 0.1) is 17.2 Å². The van der Waals surface area contributed by atoms with Gasteiger partial charge in [-0.25, -0.2) is 4.39 Å². The molecule has 9 heteroatoms. The van der Waals surface area contributed by atoms with Crippen LogP contribution in [0.3, 0.4) is 0 Å². The zero-order valence-electron chi connectivity index (χ0n) is 22.0. The second kappa shape index (κ2) is 10.0. The Bertz CT molecular complexity index is 1610. The molecule has 0 radical (unpaired) electrons. The standard InChI is InChI=1S/C32H28F4N2O3/c33-25-7-3-21(4-8-25)23-12-22-9-10-38(18-19-1-5-24(6-2-19)32(34,35)36)29(22)27(13-23)30(41)37-26-16-31(17-26)14-20(15-31)11-28(39)40/h1-10,12-13,20,26H,11,14-18H2,(H,37,41)(H,39,40). The van der Waals surface area contributed by atoms with Crippen molar-refractivity contribution in [3.63, 3.8) is 0 Å². The van der Waals surface area contributed by atoms with E-state index >= 15 is 0 Å². The maximum Gasteiger partial charge on any atom is 0.416 e. The molecule has 1 spiro atoms. The van der Waals surface area contributed by atoms with Crippen molar-refractivity contribution in [2.24, 2.45) is 11.3 Å². The molecule has 4 aromatic rings. The lowest BCUT2D eigenvalue weighted by molar-refractivity contribution is -0.142. The Balaban J connectivity index is 1.27. The molecule has 0 aliphatic heterocycles. The number of amides is 1. The molecule has 1 amide bonds. The van der Waals surface area contributed by atoms with Crippen LogP contribution < -0.4 is 5.32 Å². The lowest BCUT2D eigenvalue weighted by atomic mass is 9.49. The summed E-state index contributed by atoms with van der Waals surface area (Å²) in [5.74, 6) is -1.20. The number of alkyl halides is 3. The normalized spacial score (nSPS) is 21.9. The molecule has 1 heterocycles. The van der Waals surface area contributed by atoms with Crippen LogP contribution in [0.25, 0.3) is 22.0 Å². The summed E-state index contributed by atoms with van der Waals surface area (Å²) in [5.41, 5.74) is 2.64. The van der Waals surface area contributed by atoms with Gasteiger partial charge in [-0.2, -0.15) is 13.2 Å².